The van der Waals surface area contributed by atoms with Gasteiger partial charge in [0.2, 0.25) is 0 Å². The first-order valence-corrected chi connectivity index (χ1v) is 7.20. The van der Waals surface area contributed by atoms with Crippen LogP contribution in [0.4, 0.5) is 0 Å². The molecule has 3 atom stereocenters. The molecule has 0 amide bonds. The largest absolute Gasteiger partial charge is 0.316 e. The number of rotatable bonds is 3. The van der Waals surface area contributed by atoms with Gasteiger partial charge in [0.25, 0.3) is 0 Å². The number of halogens is 1. The molecule has 1 aliphatic carbocycles. The van der Waals surface area contributed by atoms with Crippen molar-refractivity contribution in [2.75, 3.05) is 7.05 Å². The van der Waals surface area contributed by atoms with Gasteiger partial charge in [-0.3, -0.25) is 0 Å². The highest BCUT2D eigenvalue weighted by molar-refractivity contribution is 9.10. The Morgan fingerprint density at radius 2 is 2.40 bits per heavy atom. The zero-order chi connectivity index (χ0) is 11.1. The predicted octanol–water partition coefficient (Wildman–Crippen LogP) is 4.00. The Labute approximate surface area is 104 Å². The minimum Gasteiger partial charge on any atom is -0.316 e. The molecule has 0 saturated heterocycles. The third-order valence-electron chi connectivity index (χ3n) is 4.10. The third-order valence-corrected chi connectivity index (χ3v) is 5.91. The summed E-state index contributed by atoms with van der Waals surface area (Å²) in [4.78, 5) is 1.54. The summed E-state index contributed by atoms with van der Waals surface area (Å²) in [7, 11) is 2.08. The smallest absolute Gasteiger partial charge is 0.0285 e. The van der Waals surface area contributed by atoms with Crippen molar-refractivity contribution in [1.29, 1.82) is 0 Å². The normalized spacial score (nSPS) is 35.2. The molecule has 1 fully saturated rings. The Hall–Kier alpha value is 0.140. The average Bonchev–Trinajstić information content (AvgIpc) is 2.62. The van der Waals surface area contributed by atoms with E-state index in [2.05, 4.69) is 53.6 Å². The van der Waals surface area contributed by atoms with E-state index in [1.807, 2.05) is 11.3 Å². The molecule has 1 aromatic heterocycles. The maximum absolute atomic E-state index is 3.54. The lowest BCUT2D eigenvalue weighted by Crippen LogP contribution is -2.55. The zero-order valence-electron chi connectivity index (χ0n) is 9.51. The van der Waals surface area contributed by atoms with Crippen molar-refractivity contribution in [3.05, 3.63) is 20.8 Å². The lowest BCUT2D eigenvalue weighted by molar-refractivity contribution is 0.0515. The molecule has 0 spiro atoms. The molecule has 0 aliphatic heterocycles. The van der Waals surface area contributed by atoms with Crippen LogP contribution >= 0.6 is 27.3 Å². The van der Waals surface area contributed by atoms with Crippen molar-refractivity contribution in [1.82, 2.24) is 5.32 Å². The van der Waals surface area contributed by atoms with E-state index in [1.54, 1.807) is 0 Å². The van der Waals surface area contributed by atoms with E-state index in [9.17, 15) is 0 Å². The summed E-state index contributed by atoms with van der Waals surface area (Å²) in [5.41, 5.74) is 0.443. The van der Waals surface area contributed by atoms with Gasteiger partial charge in [0, 0.05) is 26.7 Å². The van der Waals surface area contributed by atoms with Crippen LogP contribution < -0.4 is 5.32 Å². The minimum atomic E-state index is 0.443. The highest BCUT2D eigenvalue weighted by atomic mass is 79.9. The maximum Gasteiger partial charge on any atom is 0.0285 e. The van der Waals surface area contributed by atoms with Crippen molar-refractivity contribution >= 4 is 27.3 Å². The van der Waals surface area contributed by atoms with Crippen molar-refractivity contribution < 1.29 is 0 Å². The van der Waals surface area contributed by atoms with Crippen LogP contribution in [0, 0.1) is 5.41 Å². The number of thiophene rings is 1. The van der Waals surface area contributed by atoms with Gasteiger partial charge in [-0.1, -0.05) is 13.8 Å². The summed E-state index contributed by atoms with van der Waals surface area (Å²) in [6, 6.07) is 2.98. The van der Waals surface area contributed by atoms with Crippen molar-refractivity contribution in [2.24, 2.45) is 5.41 Å². The minimum absolute atomic E-state index is 0.443. The van der Waals surface area contributed by atoms with Gasteiger partial charge in [0.15, 0.2) is 0 Å². The molecule has 2 rings (SSSR count). The van der Waals surface area contributed by atoms with Gasteiger partial charge in [-0.25, -0.2) is 0 Å². The van der Waals surface area contributed by atoms with Crippen LogP contribution in [-0.2, 0) is 0 Å². The van der Waals surface area contributed by atoms with Gasteiger partial charge in [0.1, 0.15) is 0 Å². The summed E-state index contributed by atoms with van der Waals surface area (Å²) in [6.45, 7) is 4.72. The van der Waals surface area contributed by atoms with Gasteiger partial charge in [-0.15, -0.1) is 11.3 Å². The van der Waals surface area contributed by atoms with Crippen LogP contribution in [0.5, 0.6) is 0 Å². The topological polar surface area (TPSA) is 12.0 Å². The summed E-state index contributed by atoms with van der Waals surface area (Å²) >= 11 is 5.43. The Morgan fingerprint density at radius 1 is 1.67 bits per heavy atom. The first-order chi connectivity index (χ1) is 7.11. The second kappa shape index (κ2) is 4.19. The molecular formula is C12H18BrNS. The van der Waals surface area contributed by atoms with Crippen molar-refractivity contribution in [3.63, 3.8) is 0 Å². The number of nitrogens with one attached hydrogen (secondary N) is 1. The van der Waals surface area contributed by atoms with E-state index in [0.717, 1.165) is 5.92 Å². The predicted molar refractivity (Wildman–Crippen MR) is 70.6 cm³/mol. The average molecular weight is 288 g/mol. The van der Waals surface area contributed by atoms with Gasteiger partial charge in [-0.2, -0.15) is 0 Å². The fraction of sp³-hybridized carbons (Fsp3) is 0.667. The summed E-state index contributed by atoms with van der Waals surface area (Å²) in [5.74, 6) is 0.747. The Kier molecular flexibility index (Phi) is 3.25. The molecule has 1 saturated carbocycles. The monoisotopic (exact) mass is 287 g/mol. The molecule has 1 aliphatic rings. The molecule has 1 N–H and O–H groups in total. The number of hydrogen-bond donors (Lipinski definition) is 1. The Bertz CT molecular complexity index is 349. The van der Waals surface area contributed by atoms with E-state index < -0.39 is 0 Å². The first kappa shape index (κ1) is 11.6. The summed E-state index contributed by atoms with van der Waals surface area (Å²) in [6.07, 6.45) is 2.53. The lowest BCUT2D eigenvalue weighted by Gasteiger charge is -2.54. The SMILES string of the molecule is CCC1(C)C(NC)CC1c1cc(Br)cs1. The van der Waals surface area contributed by atoms with E-state index in [4.69, 9.17) is 0 Å². The fourth-order valence-electron chi connectivity index (χ4n) is 2.75. The van der Waals surface area contributed by atoms with Crippen LogP contribution in [0.1, 0.15) is 37.5 Å². The molecule has 3 heteroatoms. The van der Waals surface area contributed by atoms with Crippen LogP contribution in [0.25, 0.3) is 0 Å². The molecule has 1 heterocycles. The van der Waals surface area contributed by atoms with Gasteiger partial charge < -0.3 is 5.32 Å². The Balaban J connectivity index is 2.19. The van der Waals surface area contributed by atoms with Crippen molar-refractivity contribution in [3.8, 4) is 0 Å². The van der Waals surface area contributed by atoms with Gasteiger partial charge >= 0.3 is 0 Å². The second-order valence-electron chi connectivity index (χ2n) is 4.66. The summed E-state index contributed by atoms with van der Waals surface area (Å²) in [5, 5.41) is 5.63. The lowest BCUT2D eigenvalue weighted by atomic mass is 9.55. The first-order valence-electron chi connectivity index (χ1n) is 5.53. The van der Waals surface area contributed by atoms with Gasteiger partial charge in [-0.05, 0) is 47.3 Å². The molecule has 1 aromatic rings. The van der Waals surface area contributed by atoms with Crippen LogP contribution in [0.15, 0.2) is 15.9 Å². The van der Waals surface area contributed by atoms with Gasteiger partial charge in [0.05, 0.1) is 0 Å². The van der Waals surface area contributed by atoms with E-state index in [-0.39, 0.29) is 0 Å². The molecular weight excluding hydrogens is 270 g/mol. The third kappa shape index (κ3) is 1.79. The van der Waals surface area contributed by atoms with E-state index in [1.165, 1.54) is 22.2 Å². The standard InChI is InChI=1S/C12H18BrNS/c1-4-12(2)9(6-11(12)14-3)10-5-8(13)7-15-10/h5,7,9,11,14H,4,6H2,1-3H3. The highest BCUT2D eigenvalue weighted by Crippen LogP contribution is 2.56. The van der Waals surface area contributed by atoms with Crippen LogP contribution in [-0.4, -0.2) is 13.1 Å². The van der Waals surface area contributed by atoms with Crippen LogP contribution in [0.2, 0.25) is 0 Å². The number of hydrogen-bond acceptors (Lipinski definition) is 2. The molecule has 3 unspecified atom stereocenters. The molecule has 15 heavy (non-hydrogen) atoms. The zero-order valence-corrected chi connectivity index (χ0v) is 11.9. The van der Waals surface area contributed by atoms with E-state index >= 15 is 0 Å². The van der Waals surface area contributed by atoms with Crippen molar-refractivity contribution in [2.45, 2.75) is 38.6 Å². The highest BCUT2D eigenvalue weighted by Gasteiger charge is 2.50. The molecule has 0 aromatic carbocycles. The Morgan fingerprint density at radius 3 is 2.87 bits per heavy atom. The summed E-state index contributed by atoms with van der Waals surface area (Å²) < 4.78 is 1.23. The molecule has 84 valence electrons. The molecule has 1 nitrogen and oxygen atoms in total. The van der Waals surface area contributed by atoms with Crippen LogP contribution in [0.3, 0.4) is 0 Å². The maximum atomic E-state index is 3.54. The molecule has 0 bridgehead atoms. The fourth-order valence-corrected chi connectivity index (χ4v) is 4.47. The molecule has 0 radical (unpaired) electrons. The van der Waals surface area contributed by atoms with E-state index in [0.29, 0.717) is 11.5 Å². The second-order valence-corrected chi connectivity index (χ2v) is 6.51. The quantitative estimate of drug-likeness (QED) is 0.886.